The number of hydrogen-bond acceptors (Lipinski definition) is 12. The lowest BCUT2D eigenvalue weighted by atomic mass is 9.65. The molecule has 0 amide bonds. The highest BCUT2D eigenvalue weighted by Gasteiger charge is 2.57. The quantitative estimate of drug-likeness (QED) is 0.150. The number of benzene rings is 4. The molecule has 7 rings (SSSR count). The molecule has 9 N–H and O–H groups in total. The molecule has 12 nitrogen and oxygen atoms in total. The van der Waals surface area contributed by atoms with E-state index in [-0.39, 0.29) is 38.9 Å². The smallest absolute Gasteiger partial charge is 0.201 e. The average molecular weight is 643 g/mol. The number of aromatic hydroxyl groups is 4. The highest BCUT2D eigenvalue weighted by Crippen LogP contribution is 2.55. The highest BCUT2D eigenvalue weighted by molar-refractivity contribution is 6.18. The van der Waals surface area contributed by atoms with Crippen LogP contribution in [0.5, 0.6) is 23.0 Å². The van der Waals surface area contributed by atoms with Gasteiger partial charge in [0.1, 0.15) is 58.6 Å². The molecular weight excluding hydrogens is 612 g/mol. The zero-order valence-electron chi connectivity index (χ0n) is 25.0. The molecule has 0 saturated carbocycles. The lowest BCUT2D eigenvalue weighted by Gasteiger charge is -2.47. The van der Waals surface area contributed by atoms with Gasteiger partial charge in [-0.25, -0.2) is 0 Å². The van der Waals surface area contributed by atoms with Gasteiger partial charge in [-0.05, 0) is 43.2 Å². The van der Waals surface area contributed by atoms with E-state index in [0.717, 1.165) is 0 Å². The van der Waals surface area contributed by atoms with Crippen molar-refractivity contribution in [1.29, 1.82) is 0 Å². The molecular formula is C35H30O12. The third-order valence-corrected chi connectivity index (χ3v) is 9.56. The van der Waals surface area contributed by atoms with Gasteiger partial charge in [0.25, 0.3) is 0 Å². The molecule has 1 fully saturated rings. The van der Waals surface area contributed by atoms with Crippen LogP contribution >= 0.6 is 0 Å². The van der Waals surface area contributed by atoms with Crippen LogP contribution in [0, 0.1) is 13.8 Å². The lowest BCUT2D eigenvalue weighted by Crippen LogP contribution is -2.61. The summed E-state index contributed by atoms with van der Waals surface area (Å²) in [6.07, 6.45) is -6.92. The Labute approximate surface area is 266 Å². The zero-order chi connectivity index (χ0) is 33.9. The van der Waals surface area contributed by atoms with Gasteiger partial charge in [-0.1, -0.05) is 36.4 Å². The Morgan fingerprint density at radius 1 is 0.638 bits per heavy atom. The minimum atomic E-state index is -2.52. The van der Waals surface area contributed by atoms with Crippen LogP contribution in [0.25, 0.3) is 0 Å². The Kier molecular flexibility index (Phi) is 6.61. The second kappa shape index (κ2) is 10.1. The largest absolute Gasteiger partial charge is 0.507 e. The normalized spacial score (nSPS) is 27.9. The Bertz CT molecular complexity index is 2050. The molecule has 2 unspecified atom stereocenters. The van der Waals surface area contributed by atoms with Crippen molar-refractivity contribution in [2.75, 3.05) is 6.61 Å². The van der Waals surface area contributed by atoms with Crippen molar-refractivity contribution in [2.24, 2.45) is 0 Å². The molecule has 1 saturated heterocycles. The molecule has 4 aromatic rings. The molecule has 1 aliphatic heterocycles. The number of fused-ring (bicyclic) bond motifs is 4. The molecule has 1 heterocycles. The van der Waals surface area contributed by atoms with Crippen molar-refractivity contribution >= 4 is 11.6 Å². The molecule has 12 heteroatoms. The predicted molar refractivity (Wildman–Crippen MR) is 162 cm³/mol. The SMILES string of the molecule is Cc1cc(O)c2c(c1)C(O)(c1ccc3c(c1O)C(=O)c1c(O)cc(C)cc1C3(O)[C@@H]1OC[C@@H](O)[C@H](O)[C@H]1O)c1cccc(O)c1C2=O. The minimum Gasteiger partial charge on any atom is -0.507 e. The number of hydrogen-bond donors (Lipinski definition) is 9. The molecule has 6 atom stereocenters. The van der Waals surface area contributed by atoms with E-state index in [4.69, 9.17) is 4.74 Å². The van der Waals surface area contributed by atoms with E-state index in [0.29, 0.717) is 11.1 Å². The Morgan fingerprint density at radius 2 is 1.19 bits per heavy atom. The lowest BCUT2D eigenvalue weighted by molar-refractivity contribution is -0.231. The first-order chi connectivity index (χ1) is 22.1. The van der Waals surface area contributed by atoms with Gasteiger partial charge in [0, 0.05) is 27.8 Å². The number of carbonyl (C=O) groups excluding carboxylic acids is 2. The number of aryl methyl sites for hydroxylation is 2. The number of ether oxygens (including phenoxy) is 1. The maximum Gasteiger partial charge on any atom is 0.201 e. The van der Waals surface area contributed by atoms with E-state index in [1.165, 1.54) is 54.6 Å². The van der Waals surface area contributed by atoms with E-state index in [9.17, 15) is 55.5 Å². The van der Waals surface area contributed by atoms with Gasteiger partial charge >= 0.3 is 0 Å². The van der Waals surface area contributed by atoms with E-state index in [2.05, 4.69) is 0 Å². The second-order valence-corrected chi connectivity index (χ2v) is 12.4. The fourth-order valence-corrected chi connectivity index (χ4v) is 7.42. The van der Waals surface area contributed by atoms with Crippen molar-refractivity contribution < 1.29 is 60.3 Å². The maximum absolute atomic E-state index is 14.2. The fraction of sp³-hybridized carbons (Fsp3) is 0.257. The summed E-state index contributed by atoms with van der Waals surface area (Å²) in [5.74, 6) is -4.25. The number of phenolic OH excluding ortho intramolecular Hbond substituents is 4. The number of rotatable bonds is 2. The second-order valence-electron chi connectivity index (χ2n) is 12.4. The van der Waals surface area contributed by atoms with Crippen LogP contribution in [0.3, 0.4) is 0 Å². The zero-order valence-corrected chi connectivity index (χ0v) is 25.0. The minimum absolute atomic E-state index is 0.158. The summed E-state index contributed by atoms with van der Waals surface area (Å²) in [5.41, 5.74) is -7.14. The molecule has 242 valence electrons. The van der Waals surface area contributed by atoms with Crippen molar-refractivity contribution in [3.8, 4) is 23.0 Å². The van der Waals surface area contributed by atoms with Gasteiger partial charge < -0.3 is 50.7 Å². The Hall–Kier alpha value is -4.82. The molecule has 47 heavy (non-hydrogen) atoms. The number of ketones is 2. The summed E-state index contributed by atoms with van der Waals surface area (Å²) in [4.78, 5) is 27.8. The number of aliphatic hydroxyl groups is 5. The van der Waals surface area contributed by atoms with Gasteiger partial charge in [0.15, 0.2) is 0 Å². The van der Waals surface area contributed by atoms with Gasteiger partial charge in [-0.2, -0.15) is 0 Å². The summed E-state index contributed by atoms with van der Waals surface area (Å²) in [6, 6.07) is 11.6. The number of carbonyl (C=O) groups is 2. The number of aliphatic hydroxyl groups excluding tert-OH is 3. The van der Waals surface area contributed by atoms with Crippen LogP contribution in [0.2, 0.25) is 0 Å². The van der Waals surface area contributed by atoms with E-state index in [1.54, 1.807) is 13.8 Å². The highest BCUT2D eigenvalue weighted by atomic mass is 16.5. The van der Waals surface area contributed by atoms with Gasteiger partial charge in [0.2, 0.25) is 11.6 Å². The first-order valence-corrected chi connectivity index (χ1v) is 14.7. The van der Waals surface area contributed by atoms with E-state index >= 15 is 0 Å². The van der Waals surface area contributed by atoms with Crippen LogP contribution in [-0.2, 0) is 15.9 Å². The van der Waals surface area contributed by atoms with Gasteiger partial charge in [-0.15, -0.1) is 0 Å². The average Bonchev–Trinajstić information content (AvgIpc) is 3.00. The van der Waals surface area contributed by atoms with Gasteiger partial charge in [-0.3, -0.25) is 9.59 Å². The first-order valence-electron chi connectivity index (χ1n) is 14.7. The molecule has 3 aliphatic rings. The third-order valence-electron chi connectivity index (χ3n) is 9.56. The standard InChI is InChI=1S/C35H30O12/c1-13-8-18-25(21(37)10-13)30(42)24-15(4-3-5-20(24)36)34(18,45)17-7-6-16-27(28(17)40)31(43)26-19(9-14(2)11-22(26)38)35(16,46)33-32(44)29(41)23(39)12-47-33/h3-11,23,29,32-33,36-41,44-46H,12H2,1-2H3/t23-,29+,32-,33-,34?,35?/m1/s1. The molecule has 4 aromatic carbocycles. The summed E-state index contributed by atoms with van der Waals surface area (Å²) < 4.78 is 5.67. The van der Waals surface area contributed by atoms with Crippen LogP contribution in [0.1, 0.15) is 70.8 Å². The summed E-state index contributed by atoms with van der Waals surface area (Å²) in [5, 5.41) is 102. The van der Waals surface area contributed by atoms with Gasteiger partial charge in [0.05, 0.1) is 28.9 Å². The monoisotopic (exact) mass is 642 g/mol. The number of phenols is 4. The van der Waals surface area contributed by atoms with Crippen LogP contribution < -0.4 is 0 Å². The van der Waals surface area contributed by atoms with Crippen molar-refractivity contribution in [3.05, 3.63) is 116 Å². The molecule has 0 radical (unpaired) electrons. The Morgan fingerprint density at radius 3 is 1.85 bits per heavy atom. The van der Waals surface area contributed by atoms with Crippen LogP contribution in [0.15, 0.2) is 54.6 Å². The van der Waals surface area contributed by atoms with E-state index < -0.39 is 87.9 Å². The summed E-state index contributed by atoms with van der Waals surface area (Å²) >= 11 is 0. The van der Waals surface area contributed by atoms with Crippen LogP contribution in [-0.4, -0.2) is 88.5 Å². The maximum atomic E-state index is 14.2. The summed E-state index contributed by atoms with van der Waals surface area (Å²) in [6.45, 7) is 2.67. The molecule has 0 aromatic heterocycles. The van der Waals surface area contributed by atoms with Crippen molar-refractivity contribution in [1.82, 2.24) is 0 Å². The van der Waals surface area contributed by atoms with Crippen molar-refractivity contribution in [3.63, 3.8) is 0 Å². The summed E-state index contributed by atoms with van der Waals surface area (Å²) in [7, 11) is 0. The van der Waals surface area contributed by atoms with Crippen LogP contribution in [0.4, 0.5) is 0 Å². The fourth-order valence-electron chi connectivity index (χ4n) is 7.42. The third kappa shape index (κ3) is 3.91. The predicted octanol–water partition coefficient (Wildman–Crippen LogP) is 1.22. The topological polar surface area (TPSA) is 225 Å². The molecule has 0 spiro atoms. The molecule has 2 aliphatic carbocycles. The molecule has 0 bridgehead atoms. The Balaban J connectivity index is 1.56. The first kappa shape index (κ1) is 30.8. The van der Waals surface area contributed by atoms with E-state index in [1.807, 2.05) is 0 Å². The van der Waals surface area contributed by atoms with Crippen molar-refractivity contribution in [2.45, 2.75) is 49.5 Å².